The lowest BCUT2D eigenvalue weighted by Crippen LogP contribution is -2.66. The topological polar surface area (TPSA) is 48.0 Å². The van der Waals surface area contributed by atoms with Crippen molar-refractivity contribution in [3.05, 3.63) is 71.8 Å². The number of cyclic esters (lactones) is 1. The van der Waals surface area contributed by atoms with E-state index in [2.05, 4.69) is 32.9 Å². The van der Waals surface area contributed by atoms with Gasteiger partial charge in [0, 0.05) is 5.92 Å². The Balaban J connectivity index is 1.79. The van der Waals surface area contributed by atoms with Gasteiger partial charge in [0.2, 0.25) is 6.23 Å². The molecular formula is C22H25NO4. The van der Waals surface area contributed by atoms with E-state index in [0.717, 1.165) is 11.1 Å². The van der Waals surface area contributed by atoms with Gasteiger partial charge in [-0.15, -0.1) is 0 Å². The predicted octanol–water partition coefficient (Wildman–Crippen LogP) is 4.45. The monoisotopic (exact) mass is 367 g/mol. The highest BCUT2D eigenvalue weighted by Gasteiger charge is 2.63. The largest absolute Gasteiger partial charge is 0.447 e. The zero-order chi connectivity index (χ0) is 19.0. The van der Waals surface area contributed by atoms with Crippen LogP contribution in [0.4, 0.5) is 4.79 Å². The number of hydrogen-bond acceptors (Lipinski definition) is 4. The maximum absolute atomic E-state index is 12.6. The van der Waals surface area contributed by atoms with Crippen molar-refractivity contribution < 1.29 is 19.3 Å². The second kappa shape index (κ2) is 6.98. The molecule has 0 aromatic heterocycles. The third-order valence-electron chi connectivity index (χ3n) is 5.78. The normalized spacial score (nSPS) is 28.7. The van der Waals surface area contributed by atoms with E-state index in [1.54, 1.807) is 4.90 Å². The predicted molar refractivity (Wildman–Crippen MR) is 101 cm³/mol. The maximum Gasteiger partial charge on any atom is 0.412 e. The molecule has 27 heavy (non-hydrogen) atoms. The summed E-state index contributed by atoms with van der Waals surface area (Å²) in [6.07, 6.45) is -0.889. The number of rotatable bonds is 5. The van der Waals surface area contributed by atoms with Gasteiger partial charge in [-0.2, -0.15) is 0 Å². The van der Waals surface area contributed by atoms with Crippen LogP contribution in [-0.4, -0.2) is 29.9 Å². The smallest absolute Gasteiger partial charge is 0.412 e. The number of nitrogens with zero attached hydrogens (tertiary/aromatic N) is 1. The Morgan fingerprint density at radius 3 is 2.19 bits per heavy atom. The van der Waals surface area contributed by atoms with Gasteiger partial charge in [0.05, 0.1) is 6.04 Å². The molecule has 0 radical (unpaired) electrons. The first kappa shape index (κ1) is 18.0. The zero-order valence-electron chi connectivity index (χ0n) is 15.9. The van der Waals surface area contributed by atoms with Crippen molar-refractivity contribution >= 4 is 6.09 Å². The van der Waals surface area contributed by atoms with Crippen molar-refractivity contribution in [1.29, 1.82) is 0 Å². The van der Waals surface area contributed by atoms with E-state index in [0.29, 0.717) is 6.61 Å². The van der Waals surface area contributed by atoms with Gasteiger partial charge in [-0.05, 0) is 17.0 Å². The van der Waals surface area contributed by atoms with Gasteiger partial charge in [-0.1, -0.05) is 81.4 Å². The minimum Gasteiger partial charge on any atom is -0.447 e. The molecular weight excluding hydrogens is 342 g/mol. The van der Waals surface area contributed by atoms with E-state index in [9.17, 15) is 4.79 Å². The quantitative estimate of drug-likeness (QED) is 0.733. The van der Waals surface area contributed by atoms with Gasteiger partial charge in [0.25, 0.3) is 0 Å². The molecule has 4 atom stereocenters. The minimum atomic E-state index is -0.793. The highest BCUT2D eigenvalue weighted by Crippen LogP contribution is 2.52. The van der Waals surface area contributed by atoms with Crippen molar-refractivity contribution in [2.45, 2.75) is 44.6 Å². The fourth-order valence-corrected chi connectivity index (χ4v) is 4.09. The summed E-state index contributed by atoms with van der Waals surface area (Å²) in [7, 11) is 0. The molecule has 2 aliphatic heterocycles. The first-order chi connectivity index (χ1) is 13.1. The molecule has 5 heteroatoms. The van der Waals surface area contributed by atoms with Crippen molar-refractivity contribution in [3.8, 4) is 0 Å². The molecule has 0 N–H and O–H groups in total. The molecule has 2 aromatic rings. The summed E-state index contributed by atoms with van der Waals surface area (Å²) in [5.41, 5.74) is 1.32. The molecule has 142 valence electrons. The zero-order valence-corrected chi connectivity index (χ0v) is 15.9. The van der Waals surface area contributed by atoms with Crippen molar-refractivity contribution in [2.24, 2.45) is 5.92 Å². The first-order valence-electron chi connectivity index (χ1n) is 9.45. The second-order valence-electron chi connectivity index (χ2n) is 7.62. The first-order valence-corrected chi connectivity index (χ1v) is 9.45. The van der Waals surface area contributed by atoms with Crippen molar-refractivity contribution in [2.75, 3.05) is 6.61 Å². The lowest BCUT2D eigenvalue weighted by atomic mass is 9.75. The fourth-order valence-electron chi connectivity index (χ4n) is 4.09. The summed E-state index contributed by atoms with van der Waals surface area (Å²) in [5, 5.41) is 0. The molecule has 5 nitrogen and oxygen atoms in total. The summed E-state index contributed by atoms with van der Waals surface area (Å²) in [6.45, 7) is 6.67. The standard InChI is InChI=1S/C22H25NO4/c1-15(2)19-14-25-21(24)23(19)20-22(27-26-20,18-12-8-5-9-13-18)16(3)17-10-6-4-7-11-17/h4-13,15-16,19-20H,14H2,1-3H3/t16?,19-,20?,22?/m0/s1. The van der Waals surface area contributed by atoms with Gasteiger partial charge in [-0.3, -0.25) is 4.90 Å². The van der Waals surface area contributed by atoms with Crippen LogP contribution in [0.3, 0.4) is 0 Å². The van der Waals surface area contributed by atoms with Gasteiger partial charge in [0.1, 0.15) is 6.61 Å². The molecule has 0 bridgehead atoms. The molecule has 2 fully saturated rings. The summed E-state index contributed by atoms with van der Waals surface area (Å²) < 4.78 is 5.36. The lowest BCUT2D eigenvalue weighted by Gasteiger charge is -2.54. The Bertz CT molecular complexity index is 794. The SMILES string of the molecule is CC(C)[C@@H]1COC(=O)N1C1OOC1(c1ccccc1)C(C)c1ccccc1. The fraction of sp³-hybridized carbons (Fsp3) is 0.409. The number of carbonyl (C=O) groups excluding carboxylic acids is 1. The molecule has 0 spiro atoms. The van der Waals surface area contributed by atoms with E-state index in [1.807, 2.05) is 48.5 Å². The van der Waals surface area contributed by atoms with E-state index in [4.69, 9.17) is 14.5 Å². The van der Waals surface area contributed by atoms with Crippen molar-refractivity contribution in [1.82, 2.24) is 4.90 Å². The van der Waals surface area contributed by atoms with Crippen LogP contribution in [0.5, 0.6) is 0 Å². The van der Waals surface area contributed by atoms with Gasteiger partial charge in [0.15, 0.2) is 5.60 Å². The van der Waals surface area contributed by atoms with Crippen LogP contribution in [0.15, 0.2) is 60.7 Å². The molecule has 3 unspecified atom stereocenters. The van der Waals surface area contributed by atoms with Crippen molar-refractivity contribution in [3.63, 3.8) is 0 Å². The van der Waals surface area contributed by atoms with Gasteiger partial charge in [-0.25, -0.2) is 14.6 Å². The van der Waals surface area contributed by atoms with Crippen LogP contribution < -0.4 is 0 Å². The average Bonchev–Trinajstić information content (AvgIpc) is 3.04. The summed E-state index contributed by atoms with van der Waals surface area (Å²) in [5.74, 6) is 0.224. The Morgan fingerprint density at radius 2 is 1.63 bits per heavy atom. The number of carbonyl (C=O) groups is 1. The molecule has 2 saturated heterocycles. The third kappa shape index (κ3) is 2.82. The van der Waals surface area contributed by atoms with Crippen LogP contribution in [0.2, 0.25) is 0 Å². The Hall–Kier alpha value is -2.37. The molecule has 2 heterocycles. The Labute approximate surface area is 159 Å². The number of benzene rings is 2. The number of hydrogen-bond donors (Lipinski definition) is 0. The maximum atomic E-state index is 12.6. The van der Waals surface area contributed by atoms with E-state index in [1.165, 1.54) is 0 Å². The third-order valence-corrected chi connectivity index (χ3v) is 5.78. The molecule has 4 rings (SSSR count). The second-order valence-corrected chi connectivity index (χ2v) is 7.62. The minimum absolute atomic E-state index is 0.0268. The highest BCUT2D eigenvalue weighted by atomic mass is 17.3. The molecule has 0 aliphatic carbocycles. The summed E-state index contributed by atoms with van der Waals surface area (Å²) in [6, 6.07) is 20.1. The Kier molecular flexibility index (Phi) is 4.66. The van der Waals surface area contributed by atoms with Crippen LogP contribution >= 0.6 is 0 Å². The Morgan fingerprint density at radius 1 is 1.00 bits per heavy atom. The van der Waals surface area contributed by atoms with Crippen LogP contribution in [0.1, 0.15) is 37.8 Å². The molecule has 2 aliphatic rings. The van der Waals surface area contributed by atoms with E-state index in [-0.39, 0.29) is 24.0 Å². The molecule has 2 aromatic carbocycles. The summed E-state index contributed by atoms with van der Waals surface area (Å²) >= 11 is 0. The van der Waals surface area contributed by atoms with Crippen LogP contribution in [0, 0.1) is 5.92 Å². The molecule has 0 saturated carbocycles. The number of amides is 1. The number of ether oxygens (including phenoxy) is 1. The van der Waals surface area contributed by atoms with Gasteiger partial charge >= 0.3 is 6.09 Å². The summed E-state index contributed by atoms with van der Waals surface area (Å²) in [4.78, 5) is 25.8. The highest BCUT2D eigenvalue weighted by molar-refractivity contribution is 5.71. The van der Waals surface area contributed by atoms with E-state index < -0.39 is 11.8 Å². The van der Waals surface area contributed by atoms with Crippen LogP contribution in [-0.2, 0) is 20.1 Å². The lowest BCUT2D eigenvalue weighted by molar-refractivity contribution is -0.546. The van der Waals surface area contributed by atoms with Gasteiger partial charge < -0.3 is 4.74 Å². The molecule has 1 amide bonds. The van der Waals surface area contributed by atoms with Crippen LogP contribution in [0.25, 0.3) is 0 Å². The average molecular weight is 367 g/mol. The van der Waals surface area contributed by atoms with E-state index >= 15 is 0 Å².